The zero-order valence-corrected chi connectivity index (χ0v) is 16.5. The average Bonchev–Trinajstić information content (AvgIpc) is 2.89. The van der Waals surface area contributed by atoms with Gasteiger partial charge >= 0.3 is 0 Å². The molecule has 1 aliphatic heterocycles. The molecule has 1 saturated heterocycles. The Kier molecular flexibility index (Phi) is 5.79. The maximum absolute atomic E-state index is 13.1. The number of nitrogens with one attached hydrogen (secondary N) is 2. The van der Waals surface area contributed by atoms with Crippen LogP contribution in [0.5, 0.6) is 0 Å². The molecule has 1 aliphatic rings. The molecule has 2 aromatic rings. The minimum atomic E-state index is -3.89. The molecule has 1 fully saturated rings. The number of hydrogen-bond donors (Lipinski definition) is 3. The van der Waals surface area contributed by atoms with E-state index in [2.05, 4.69) is 20.5 Å². The number of H-pyrrole nitrogens is 1. The van der Waals surface area contributed by atoms with Crippen LogP contribution >= 0.6 is 0 Å². The van der Waals surface area contributed by atoms with Crippen molar-refractivity contribution in [1.29, 1.82) is 0 Å². The molecule has 11 heteroatoms. The first kappa shape index (κ1) is 20.4. The molecule has 0 spiro atoms. The van der Waals surface area contributed by atoms with Crippen LogP contribution in [-0.2, 0) is 14.8 Å². The van der Waals surface area contributed by atoms with Gasteiger partial charge in [0.2, 0.25) is 10.0 Å². The highest BCUT2D eigenvalue weighted by Crippen LogP contribution is 2.24. The van der Waals surface area contributed by atoms with E-state index < -0.39 is 21.5 Å². The summed E-state index contributed by atoms with van der Waals surface area (Å²) in [6.45, 7) is 2.93. The molecule has 152 valence electrons. The van der Waals surface area contributed by atoms with Crippen molar-refractivity contribution in [3.05, 3.63) is 41.5 Å². The number of β-amino-alcohol motifs (C(OH)–C–C–N with tert-alkyl or cyclic N) is 1. The molecule has 28 heavy (non-hydrogen) atoms. The van der Waals surface area contributed by atoms with Crippen LogP contribution in [0.25, 0.3) is 0 Å². The summed E-state index contributed by atoms with van der Waals surface area (Å²) in [5.74, 6) is -0.464. The van der Waals surface area contributed by atoms with Crippen LogP contribution in [0, 0.1) is 13.8 Å². The van der Waals surface area contributed by atoms with Crippen molar-refractivity contribution in [1.82, 2.24) is 24.8 Å². The number of amides is 1. The number of carbonyl (C=O) groups excluding carboxylic acids is 1. The molecule has 3 rings (SSSR count). The molecule has 1 atom stereocenters. The Labute approximate surface area is 163 Å². The number of hydrogen-bond acceptors (Lipinski definition) is 7. The van der Waals surface area contributed by atoms with Crippen molar-refractivity contribution < 1.29 is 23.1 Å². The van der Waals surface area contributed by atoms with Crippen LogP contribution in [0.1, 0.15) is 21.9 Å². The van der Waals surface area contributed by atoms with Gasteiger partial charge in [-0.05, 0) is 26.0 Å². The van der Waals surface area contributed by atoms with Gasteiger partial charge in [-0.25, -0.2) is 8.42 Å². The maximum Gasteiger partial charge on any atom is 0.269 e. The number of aromatic amines is 1. The zero-order valence-electron chi connectivity index (χ0n) is 15.7. The van der Waals surface area contributed by atoms with E-state index >= 15 is 0 Å². The molecule has 0 bridgehead atoms. The van der Waals surface area contributed by atoms with E-state index in [1.165, 1.54) is 6.20 Å². The lowest BCUT2D eigenvalue weighted by molar-refractivity contribution is -0.0293. The minimum absolute atomic E-state index is 0.0862. The fraction of sp³-hybridized carbons (Fsp3) is 0.471. The van der Waals surface area contributed by atoms with E-state index in [1.54, 1.807) is 32.0 Å². The smallest absolute Gasteiger partial charge is 0.269 e. The van der Waals surface area contributed by atoms with Gasteiger partial charge in [0.15, 0.2) is 0 Å². The first-order chi connectivity index (χ1) is 13.2. The lowest BCUT2D eigenvalue weighted by atomic mass is 10.1. The summed E-state index contributed by atoms with van der Waals surface area (Å²) in [5, 5.41) is 20.1. The molecule has 10 nitrogen and oxygen atoms in total. The normalized spacial score (nSPS) is 21.2. The lowest BCUT2D eigenvalue weighted by Gasteiger charge is -2.30. The van der Waals surface area contributed by atoms with Crippen molar-refractivity contribution >= 4 is 15.9 Å². The van der Waals surface area contributed by atoms with Crippen molar-refractivity contribution in [2.45, 2.75) is 24.3 Å². The maximum atomic E-state index is 13.1. The van der Waals surface area contributed by atoms with Crippen molar-refractivity contribution in [3.8, 4) is 0 Å². The Balaban J connectivity index is 1.76. The number of ether oxygens (including phenoxy) is 1. The summed E-state index contributed by atoms with van der Waals surface area (Å²) < 4.78 is 32.8. The number of sulfonamides is 1. The predicted molar refractivity (Wildman–Crippen MR) is 99.2 cm³/mol. The number of carbonyl (C=O) groups is 1. The van der Waals surface area contributed by atoms with Gasteiger partial charge in [0.05, 0.1) is 31.1 Å². The second-order valence-electron chi connectivity index (χ2n) is 6.78. The largest absolute Gasteiger partial charge is 0.384 e. The third kappa shape index (κ3) is 4.22. The summed E-state index contributed by atoms with van der Waals surface area (Å²) in [6.07, 6.45) is 1.49. The van der Waals surface area contributed by atoms with Crippen LogP contribution in [0.15, 0.2) is 29.3 Å². The van der Waals surface area contributed by atoms with Gasteiger partial charge < -0.3 is 15.2 Å². The van der Waals surface area contributed by atoms with Gasteiger partial charge in [-0.1, -0.05) is 6.07 Å². The van der Waals surface area contributed by atoms with Gasteiger partial charge in [0, 0.05) is 19.3 Å². The minimum Gasteiger partial charge on any atom is -0.384 e. The molecule has 0 saturated carbocycles. The van der Waals surface area contributed by atoms with E-state index in [1.807, 2.05) is 0 Å². The third-order valence-corrected chi connectivity index (χ3v) is 6.57. The SMILES string of the molecule is Cc1n[nH]c(C)c1S(=O)(=O)N1CCOC[C@](O)(CNC(=O)c2ccccn2)C1. The number of pyridine rings is 1. The molecule has 2 aromatic heterocycles. The quantitative estimate of drug-likeness (QED) is 0.611. The first-order valence-corrected chi connectivity index (χ1v) is 10.2. The molecule has 3 N–H and O–H groups in total. The van der Waals surface area contributed by atoms with Crippen LogP contribution < -0.4 is 5.32 Å². The Bertz CT molecular complexity index is 927. The van der Waals surface area contributed by atoms with E-state index in [4.69, 9.17) is 4.74 Å². The van der Waals surface area contributed by atoms with E-state index in [0.717, 1.165) is 4.31 Å². The van der Waals surface area contributed by atoms with Gasteiger partial charge in [0.25, 0.3) is 5.91 Å². The molecule has 0 aromatic carbocycles. The third-order valence-electron chi connectivity index (χ3n) is 4.46. The topological polar surface area (TPSA) is 138 Å². The van der Waals surface area contributed by atoms with E-state index in [-0.39, 0.29) is 43.4 Å². The summed E-state index contributed by atoms with van der Waals surface area (Å²) in [4.78, 5) is 16.2. The number of aryl methyl sites for hydroxylation is 2. The van der Waals surface area contributed by atoms with E-state index in [9.17, 15) is 18.3 Å². The van der Waals surface area contributed by atoms with Gasteiger partial charge in [0.1, 0.15) is 16.2 Å². The van der Waals surface area contributed by atoms with Crippen molar-refractivity contribution in [3.63, 3.8) is 0 Å². The van der Waals surface area contributed by atoms with Crippen LogP contribution in [-0.4, -0.2) is 77.4 Å². The average molecular weight is 409 g/mol. The lowest BCUT2D eigenvalue weighted by Crippen LogP contribution is -2.53. The van der Waals surface area contributed by atoms with Crippen molar-refractivity contribution in [2.75, 3.05) is 32.8 Å². The first-order valence-electron chi connectivity index (χ1n) is 8.74. The molecule has 1 amide bonds. The highest BCUT2D eigenvalue weighted by atomic mass is 32.2. The van der Waals surface area contributed by atoms with Crippen LogP contribution in [0.3, 0.4) is 0 Å². The zero-order chi connectivity index (χ0) is 20.4. The second-order valence-corrected chi connectivity index (χ2v) is 8.65. The fourth-order valence-electron chi connectivity index (χ4n) is 3.08. The Hall–Kier alpha value is -2.34. The van der Waals surface area contributed by atoms with Crippen LogP contribution in [0.4, 0.5) is 0 Å². The monoisotopic (exact) mass is 409 g/mol. The predicted octanol–water partition coefficient (Wildman–Crippen LogP) is -0.396. The van der Waals surface area contributed by atoms with E-state index in [0.29, 0.717) is 11.4 Å². The summed E-state index contributed by atoms with van der Waals surface area (Å²) in [7, 11) is -3.89. The number of rotatable bonds is 5. The van der Waals surface area contributed by atoms with Gasteiger partial charge in [-0.3, -0.25) is 14.9 Å². The second kappa shape index (κ2) is 7.95. The van der Waals surface area contributed by atoms with Crippen molar-refractivity contribution in [2.24, 2.45) is 0 Å². The number of aliphatic hydroxyl groups is 1. The summed E-state index contributed by atoms with van der Waals surface area (Å²) in [5.41, 5.74) is -0.599. The molecule has 0 aliphatic carbocycles. The number of nitrogens with zero attached hydrogens (tertiary/aromatic N) is 3. The molecule has 0 radical (unpaired) electrons. The standard InChI is InChI=1S/C17H23N5O5S/c1-12-15(13(2)21-20-12)28(25,26)22-7-8-27-11-17(24,10-22)9-19-16(23)14-5-3-4-6-18-14/h3-6,24H,7-11H2,1-2H3,(H,19,23)(H,20,21)/t17-/m0/s1. The molecular weight excluding hydrogens is 386 g/mol. The summed E-state index contributed by atoms with van der Waals surface area (Å²) in [6, 6.07) is 4.91. The Morgan fingerprint density at radius 2 is 2.21 bits per heavy atom. The van der Waals surface area contributed by atoms with Gasteiger partial charge in [-0.2, -0.15) is 9.40 Å². The van der Waals surface area contributed by atoms with Crippen LogP contribution in [0.2, 0.25) is 0 Å². The summed E-state index contributed by atoms with van der Waals surface area (Å²) >= 11 is 0. The number of aromatic nitrogens is 3. The Morgan fingerprint density at radius 3 is 2.86 bits per heavy atom. The highest BCUT2D eigenvalue weighted by Gasteiger charge is 2.39. The molecule has 3 heterocycles. The molecule has 0 unspecified atom stereocenters. The fourth-order valence-corrected chi connectivity index (χ4v) is 4.91. The van der Waals surface area contributed by atoms with Gasteiger partial charge in [-0.15, -0.1) is 0 Å². The Morgan fingerprint density at radius 1 is 1.43 bits per heavy atom. The highest BCUT2D eigenvalue weighted by molar-refractivity contribution is 7.89. The molecular formula is C17H23N5O5S.